The van der Waals surface area contributed by atoms with Crippen LogP contribution < -0.4 is 9.16 Å². The van der Waals surface area contributed by atoms with Crippen LogP contribution in [0.2, 0.25) is 18.1 Å². The lowest BCUT2D eigenvalue weighted by atomic mass is 10.2. The average molecular weight is 337 g/mol. The first-order valence-electron chi connectivity index (χ1n) is 7.74. The second-order valence-electron chi connectivity index (χ2n) is 6.98. The summed E-state index contributed by atoms with van der Waals surface area (Å²) in [6, 6.07) is 5.83. The Morgan fingerprint density at radius 3 is 2.39 bits per heavy atom. The molecule has 0 spiro atoms. The fourth-order valence-electron chi connectivity index (χ4n) is 1.65. The van der Waals surface area contributed by atoms with E-state index in [1.807, 2.05) is 24.3 Å². The third-order valence-electron chi connectivity index (χ3n) is 4.05. The molecule has 0 saturated carbocycles. The molecular formula is C18H28O4Si. The number of carbonyl (C=O) groups excluding carboxylic acids is 1. The molecule has 0 aliphatic heterocycles. The van der Waals surface area contributed by atoms with E-state index in [1.54, 1.807) is 13.2 Å². The Morgan fingerprint density at radius 2 is 1.87 bits per heavy atom. The van der Waals surface area contributed by atoms with E-state index in [0.29, 0.717) is 5.75 Å². The molecule has 1 rings (SSSR count). The van der Waals surface area contributed by atoms with Crippen LogP contribution in [0.3, 0.4) is 0 Å². The number of hydrogen-bond donors (Lipinski definition) is 0. The molecule has 0 N–H and O–H groups in total. The fourth-order valence-corrected chi connectivity index (χ4v) is 2.67. The van der Waals surface area contributed by atoms with E-state index in [4.69, 9.17) is 13.9 Å². The van der Waals surface area contributed by atoms with Gasteiger partial charge in [0.05, 0.1) is 7.11 Å². The number of rotatable bonds is 6. The molecule has 0 bridgehead atoms. The van der Waals surface area contributed by atoms with Crippen LogP contribution in [0.4, 0.5) is 0 Å². The molecule has 0 aliphatic carbocycles. The number of ether oxygens (including phenoxy) is 2. The van der Waals surface area contributed by atoms with Gasteiger partial charge in [0.1, 0.15) is 12.4 Å². The molecule has 4 nitrogen and oxygen atoms in total. The first-order valence-corrected chi connectivity index (χ1v) is 10.6. The van der Waals surface area contributed by atoms with E-state index in [2.05, 4.69) is 33.9 Å². The van der Waals surface area contributed by atoms with Gasteiger partial charge in [-0.3, -0.25) is 4.79 Å². The van der Waals surface area contributed by atoms with Crippen molar-refractivity contribution in [1.29, 1.82) is 0 Å². The van der Waals surface area contributed by atoms with Crippen LogP contribution in [0.5, 0.6) is 11.5 Å². The Hall–Kier alpha value is -1.75. The van der Waals surface area contributed by atoms with E-state index in [0.717, 1.165) is 11.3 Å². The highest BCUT2D eigenvalue weighted by Gasteiger charge is 2.39. The maximum atomic E-state index is 10.7. The molecule has 0 aliphatic rings. The van der Waals surface area contributed by atoms with E-state index in [9.17, 15) is 4.79 Å². The van der Waals surface area contributed by atoms with Gasteiger partial charge in [-0.15, -0.1) is 0 Å². The summed E-state index contributed by atoms with van der Waals surface area (Å²) in [7, 11) is -0.271. The summed E-state index contributed by atoms with van der Waals surface area (Å²) in [4.78, 5) is 10.7. The predicted molar refractivity (Wildman–Crippen MR) is 96.5 cm³/mol. The highest BCUT2D eigenvalue weighted by Crippen LogP contribution is 2.40. The summed E-state index contributed by atoms with van der Waals surface area (Å²) in [5.74, 6) is 1.20. The lowest BCUT2D eigenvalue weighted by Gasteiger charge is -2.36. The molecule has 23 heavy (non-hydrogen) atoms. The number of hydrogen-bond acceptors (Lipinski definition) is 4. The SMILES string of the molecule is COc1cc(/C=C/COC(C)=O)ccc1O[Si](C)(C)C(C)(C)C. The highest BCUT2D eigenvalue weighted by molar-refractivity contribution is 6.74. The molecule has 0 amide bonds. The van der Waals surface area contributed by atoms with Crippen molar-refractivity contribution < 1.29 is 18.7 Å². The second-order valence-corrected chi connectivity index (χ2v) is 11.7. The van der Waals surface area contributed by atoms with E-state index in [1.165, 1.54) is 6.92 Å². The summed E-state index contributed by atoms with van der Waals surface area (Å²) in [6.45, 7) is 12.7. The fraction of sp³-hybridized carbons (Fsp3) is 0.500. The largest absolute Gasteiger partial charge is 0.541 e. The van der Waals surface area contributed by atoms with Crippen LogP contribution in [0.1, 0.15) is 33.3 Å². The minimum Gasteiger partial charge on any atom is -0.541 e. The van der Waals surface area contributed by atoms with Crippen molar-refractivity contribution in [2.75, 3.05) is 13.7 Å². The van der Waals surface area contributed by atoms with Crippen molar-refractivity contribution in [3.05, 3.63) is 29.8 Å². The van der Waals surface area contributed by atoms with Crippen LogP contribution in [0.25, 0.3) is 6.08 Å². The normalized spacial score (nSPS) is 12.3. The van der Waals surface area contributed by atoms with Crippen molar-refractivity contribution in [1.82, 2.24) is 0 Å². The Kier molecular flexibility index (Phi) is 6.44. The van der Waals surface area contributed by atoms with Gasteiger partial charge in [0, 0.05) is 6.92 Å². The maximum Gasteiger partial charge on any atom is 0.302 e. The van der Waals surface area contributed by atoms with Gasteiger partial charge in [0.25, 0.3) is 8.32 Å². The van der Waals surface area contributed by atoms with Crippen molar-refractivity contribution in [3.8, 4) is 11.5 Å². The molecule has 1 aromatic rings. The van der Waals surface area contributed by atoms with Crippen molar-refractivity contribution in [3.63, 3.8) is 0 Å². The molecule has 0 radical (unpaired) electrons. The van der Waals surface area contributed by atoms with Gasteiger partial charge < -0.3 is 13.9 Å². The Morgan fingerprint density at radius 1 is 1.22 bits per heavy atom. The highest BCUT2D eigenvalue weighted by atomic mass is 28.4. The molecule has 1 aromatic carbocycles. The van der Waals surface area contributed by atoms with Gasteiger partial charge in [-0.25, -0.2) is 0 Å². The van der Waals surface area contributed by atoms with E-state index in [-0.39, 0.29) is 17.6 Å². The Bertz CT molecular complexity index is 571. The van der Waals surface area contributed by atoms with Crippen molar-refractivity contribution in [2.24, 2.45) is 0 Å². The summed E-state index contributed by atoms with van der Waals surface area (Å²) < 4.78 is 16.7. The molecule has 0 unspecified atom stereocenters. The van der Waals surface area contributed by atoms with E-state index >= 15 is 0 Å². The topological polar surface area (TPSA) is 44.8 Å². The van der Waals surface area contributed by atoms with Crippen LogP contribution in [0, 0.1) is 0 Å². The minimum atomic E-state index is -1.91. The maximum absolute atomic E-state index is 10.7. The number of methoxy groups -OCH3 is 1. The first kappa shape index (κ1) is 19.3. The monoisotopic (exact) mass is 336 g/mol. The molecule has 5 heteroatoms. The first-order chi connectivity index (χ1) is 10.6. The summed E-state index contributed by atoms with van der Waals surface area (Å²) in [5.41, 5.74) is 0.969. The van der Waals surface area contributed by atoms with Gasteiger partial charge in [-0.1, -0.05) is 32.9 Å². The summed E-state index contributed by atoms with van der Waals surface area (Å²) >= 11 is 0. The summed E-state index contributed by atoms with van der Waals surface area (Å²) in [5, 5.41) is 0.126. The zero-order valence-corrected chi connectivity index (χ0v) is 16.2. The van der Waals surface area contributed by atoms with E-state index < -0.39 is 8.32 Å². The molecule has 0 aromatic heterocycles. The summed E-state index contributed by atoms with van der Waals surface area (Å²) in [6.07, 6.45) is 3.69. The smallest absolute Gasteiger partial charge is 0.302 e. The third-order valence-corrected chi connectivity index (χ3v) is 8.39. The average Bonchev–Trinajstić information content (AvgIpc) is 2.43. The van der Waals surface area contributed by atoms with Crippen LogP contribution >= 0.6 is 0 Å². The standard InChI is InChI=1S/C18H28O4Si/c1-14(19)21-12-8-9-15-10-11-16(17(13-15)20-5)22-23(6,7)18(2,3)4/h8-11,13H,12H2,1-7H3/b9-8+. The van der Waals surface area contributed by atoms with Crippen molar-refractivity contribution >= 4 is 20.4 Å². The van der Waals surface area contributed by atoms with Gasteiger partial charge in [0.15, 0.2) is 5.75 Å². The lowest BCUT2D eigenvalue weighted by Crippen LogP contribution is -2.43. The van der Waals surface area contributed by atoms with Crippen LogP contribution in [-0.2, 0) is 9.53 Å². The van der Waals surface area contributed by atoms with Crippen LogP contribution in [0.15, 0.2) is 24.3 Å². The Balaban J connectivity index is 2.91. The predicted octanol–water partition coefficient (Wildman–Crippen LogP) is 4.66. The molecular weight excluding hydrogens is 308 g/mol. The second kappa shape index (κ2) is 7.68. The van der Waals surface area contributed by atoms with Gasteiger partial charge >= 0.3 is 5.97 Å². The Labute approximate surface area is 140 Å². The number of carbonyl (C=O) groups is 1. The molecule has 128 valence electrons. The zero-order valence-electron chi connectivity index (χ0n) is 15.2. The lowest BCUT2D eigenvalue weighted by molar-refractivity contribution is -0.139. The quantitative estimate of drug-likeness (QED) is 0.560. The third kappa shape index (κ3) is 5.75. The van der Waals surface area contributed by atoms with Crippen LogP contribution in [-0.4, -0.2) is 28.0 Å². The minimum absolute atomic E-state index is 0.126. The zero-order chi connectivity index (χ0) is 17.7. The number of esters is 1. The van der Waals surface area contributed by atoms with Gasteiger partial charge in [-0.2, -0.15) is 0 Å². The van der Waals surface area contributed by atoms with Gasteiger partial charge in [0.2, 0.25) is 0 Å². The van der Waals surface area contributed by atoms with Crippen molar-refractivity contribution in [2.45, 2.75) is 45.8 Å². The number of benzene rings is 1. The molecule has 0 atom stereocenters. The molecule has 0 fully saturated rings. The molecule has 0 heterocycles. The van der Waals surface area contributed by atoms with Gasteiger partial charge in [-0.05, 0) is 41.9 Å². The molecule has 0 saturated heterocycles.